The predicted molar refractivity (Wildman–Crippen MR) is 199 cm³/mol. The Hall–Kier alpha value is -4.82. The van der Waals surface area contributed by atoms with Crippen LogP contribution in [0.4, 0.5) is 9.59 Å². The summed E-state index contributed by atoms with van der Waals surface area (Å²) in [6.07, 6.45) is 3.18. The molecule has 4 aromatic rings. The first kappa shape index (κ1) is 39.0. The summed E-state index contributed by atoms with van der Waals surface area (Å²) in [7, 11) is 1.63. The Morgan fingerprint density at radius 2 is 1.49 bits per heavy atom. The number of hydrogen-bond donors (Lipinski definition) is 4. The topological polar surface area (TPSA) is 169 Å². The Balaban J connectivity index is 1.45. The molecule has 0 aliphatic carbocycles. The molecule has 272 valence electrons. The zero-order valence-electron chi connectivity index (χ0n) is 29.2. The fourth-order valence-corrected chi connectivity index (χ4v) is 6.73. The monoisotopic (exact) mass is 733 g/mol. The summed E-state index contributed by atoms with van der Waals surface area (Å²) in [6.45, 7) is 4.51. The number of aromatic nitrogens is 2. The van der Waals surface area contributed by atoms with Gasteiger partial charge < -0.3 is 31.3 Å². The van der Waals surface area contributed by atoms with E-state index in [1.54, 1.807) is 30.1 Å². The van der Waals surface area contributed by atoms with Crippen LogP contribution in [0.5, 0.6) is 0 Å². The van der Waals surface area contributed by atoms with E-state index in [-0.39, 0.29) is 44.0 Å². The number of thiazole rings is 2. The average Bonchev–Trinajstić information content (AvgIpc) is 3.81. The number of alkyl carbamates (subject to hydrolysis) is 1. The average molecular weight is 734 g/mol. The predicted octanol–water partition coefficient (Wildman–Crippen LogP) is 5.54. The second-order valence-corrected chi connectivity index (χ2v) is 14.6. The van der Waals surface area contributed by atoms with Crippen molar-refractivity contribution in [2.24, 2.45) is 5.73 Å². The molecule has 0 spiro atoms. The Labute approximate surface area is 307 Å². The molecule has 2 heterocycles. The normalized spacial score (nSPS) is 12.8. The number of nitrogens with two attached hydrogens (primary N) is 1. The highest BCUT2D eigenvalue weighted by Crippen LogP contribution is 2.20. The molecule has 0 aliphatic rings. The molecule has 0 saturated heterocycles. The van der Waals surface area contributed by atoms with E-state index in [0.29, 0.717) is 25.7 Å². The second-order valence-electron chi connectivity index (χ2n) is 12.7. The minimum atomic E-state index is -1.01. The van der Waals surface area contributed by atoms with Crippen LogP contribution in [0.3, 0.4) is 0 Å². The summed E-state index contributed by atoms with van der Waals surface area (Å²) in [5, 5.41) is 11.9. The quantitative estimate of drug-likeness (QED) is 0.0981. The highest BCUT2D eigenvalue weighted by molar-refractivity contribution is 7.09. The minimum Gasteiger partial charge on any atom is -0.444 e. The van der Waals surface area contributed by atoms with Crippen LogP contribution in [-0.2, 0) is 40.3 Å². The van der Waals surface area contributed by atoms with Crippen LogP contribution in [0.25, 0.3) is 0 Å². The lowest BCUT2D eigenvalue weighted by molar-refractivity contribution is -0.124. The molecule has 5 N–H and O–H groups in total. The highest BCUT2D eigenvalue weighted by Gasteiger charge is 2.27. The first-order valence-corrected chi connectivity index (χ1v) is 18.7. The van der Waals surface area contributed by atoms with Crippen molar-refractivity contribution in [3.8, 4) is 0 Å². The van der Waals surface area contributed by atoms with Crippen molar-refractivity contribution in [1.82, 2.24) is 30.8 Å². The molecular weight excluding hydrogens is 687 g/mol. The van der Waals surface area contributed by atoms with Crippen LogP contribution in [0, 0.1) is 0 Å². The summed E-state index contributed by atoms with van der Waals surface area (Å²) in [4.78, 5) is 62.7. The number of rotatable bonds is 19. The summed E-state index contributed by atoms with van der Waals surface area (Å²) < 4.78 is 5.47. The molecule has 0 aliphatic heterocycles. The molecule has 51 heavy (non-hydrogen) atoms. The van der Waals surface area contributed by atoms with Crippen LogP contribution in [0.15, 0.2) is 77.8 Å². The van der Waals surface area contributed by atoms with Crippen molar-refractivity contribution in [3.05, 3.63) is 104 Å². The van der Waals surface area contributed by atoms with E-state index >= 15 is 0 Å². The van der Waals surface area contributed by atoms with Gasteiger partial charge in [-0.15, -0.1) is 22.7 Å². The number of hydrogen-bond acceptors (Lipinski definition) is 9. The number of ether oxygens (including phenoxy) is 1. The number of nitrogens with one attached hydrogen (secondary N) is 3. The highest BCUT2D eigenvalue weighted by atomic mass is 32.1. The maximum atomic E-state index is 13.9. The number of nitrogens with zero attached hydrogens (tertiary/aromatic N) is 3. The number of amides is 5. The van der Waals surface area contributed by atoms with E-state index in [4.69, 9.17) is 10.5 Å². The molecule has 12 nitrogen and oxygen atoms in total. The van der Waals surface area contributed by atoms with Crippen molar-refractivity contribution < 1.29 is 23.9 Å². The van der Waals surface area contributed by atoms with Gasteiger partial charge in [0.2, 0.25) is 11.8 Å². The van der Waals surface area contributed by atoms with Gasteiger partial charge in [-0.3, -0.25) is 14.6 Å². The Morgan fingerprint density at radius 1 is 0.863 bits per heavy atom. The first-order chi connectivity index (χ1) is 24.5. The molecule has 0 radical (unpaired) electrons. The third-order valence-corrected chi connectivity index (χ3v) is 10.1. The molecule has 3 atom stereocenters. The molecular formula is C37H47N7O5S2. The van der Waals surface area contributed by atoms with Crippen LogP contribution in [-0.4, -0.2) is 64.0 Å². The molecule has 0 bridgehead atoms. The van der Waals surface area contributed by atoms with Crippen molar-refractivity contribution >= 4 is 46.6 Å². The summed E-state index contributed by atoms with van der Waals surface area (Å²) in [5.74, 6) is -0.718. The first-order valence-electron chi connectivity index (χ1n) is 17.0. The minimum absolute atomic E-state index is 0.0385. The number of benzene rings is 2. The largest absolute Gasteiger partial charge is 0.444 e. The molecule has 4 rings (SSSR count). The van der Waals surface area contributed by atoms with Crippen LogP contribution < -0.4 is 21.7 Å². The lowest BCUT2D eigenvalue weighted by Gasteiger charge is -2.27. The zero-order valence-corrected chi connectivity index (χ0v) is 30.9. The molecule has 0 saturated carbocycles. The third-order valence-electron chi connectivity index (χ3n) is 8.11. The summed E-state index contributed by atoms with van der Waals surface area (Å²) >= 11 is 2.95. The molecule has 2 aromatic carbocycles. The van der Waals surface area contributed by atoms with Gasteiger partial charge in [0.05, 0.1) is 27.6 Å². The Kier molecular flexibility index (Phi) is 15.4. The van der Waals surface area contributed by atoms with E-state index in [9.17, 15) is 19.2 Å². The lowest BCUT2D eigenvalue weighted by atomic mass is 9.95. The van der Waals surface area contributed by atoms with Gasteiger partial charge in [0.25, 0.3) is 0 Å². The number of carbonyl (C=O) groups is 4. The lowest BCUT2D eigenvalue weighted by Crippen LogP contribution is -2.53. The van der Waals surface area contributed by atoms with E-state index in [2.05, 4.69) is 39.8 Å². The van der Waals surface area contributed by atoms with Gasteiger partial charge >= 0.3 is 12.1 Å². The second kappa shape index (κ2) is 20.1. The third kappa shape index (κ3) is 13.8. The van der Waals surface area contributed by atoms with Crippen molar-refractivity contribution in [1.29, 1.82) is 0 Å². The van der Waals surface area contributed by atoms with E-state index in [0.717, 1.165) is 26.7 Å². The van der Waals surface area contributed by atoms with E-state index in [1.807, 2.05) is 66.0 Å². The maximum absolute atomic E-state index is 13.9. The molecule has 14 heteroatoms. The molecule has 5 amide bonds. The van der Waals surface area contributed by atoms with Gasteiger partial charge in [0.1, 0.15) is 12.6 Å². The number of urea groups is 1. The Morgan fingerprint density at radius 3 is 2.04 bits per heavy atom. The van der Waals surface area contributed by atoms with E-state index in [1.165, 1.54) is 16.2 Å². The van der Waals surface area contributed by atoms with Crippen molar-refractivity contribution in [3.63, 3.8) is 0 Å². The molecule has 0 unspecified atom stereocenters. The maximum Gasteiger partial charge on any atom is 0.407 e. The molecule has 2 aromatic heterocycles. The van der Waals surface area contributed by atoms with Crippen molar-refractivity contribution in [2.45, 2.75) is 89.6 Å². The summed E-state index contributed by atoms with van der Waals surface area (Å²) in [5.41, 5.74) is 9.95. The van der Waals surface area contributed by atoms with Gasteiger partial charge in [0.15, 0.2) is 0 Å². The number of primary amides is 1. The van der Waals surface area contributed by atoms with E-state index < -0.39 is 30.0 Å². The standard InChI is InChI=1S/C37H47N7O5S2/c1-25(2)35-41-30(23-50-35)21-44(3)36(47)43-32(16-17-33(38)45)34(46)40-28(18-26-10-6-4-7-11-26)14-15-29(19-27-12-8-5-9-13-27)42-37(48)49-22-31-20-39-24-51-31/h4-13,20,23-25,28-29,32H,14-19,21-22H2,1-3H3,(H2,38,45)(H,40,46)(H,42,48)(H,43,47)/t28-,29-,32+/m1/s1. The summed E-state index contributed by atoms with van der Waals surface area (Å²) in [6, 6.07) is 17.5. The van der Waals surface area contributed by atoms with Gasteiger partial charge in [-0.2, -0.15) is 0 Å². The SMILES string of the molecule is CC(C)c1nc(CN(C)C(=O)N[C@@H](CCC(N)=O)C(=O)N[C@H](CC[C@H](Cc2ccccc2)NC(=O)OCc2cncs2)Cc2ccccc2)cs1. The fraction of sp³-hybridized carbons (Fsp3) is 0.405. The van der Waals surface area contributed by atoms with Crippen LogP contribution >= 0.6 is 22.7 Å². The molecule has 0 fully saturated rings. The van der Waals surface area contributed by atoms with Gasteiger partial charge in [-0.1, -0.05) is 74.5 Å². The van der Waals surface area contributed by atoms with Crippen LogP contribution in [0.2, 0.25) is 0 Å². The van der Waals surface area contributed by atoms with Gasteiger partial charge in [0, 0.05) is 43.0 Å². The van der Waals surface area contributed by atoms with Crippen LogP contribution in [0.1, 0.15) is 72.2 Å². The van der Waals surface area contributed by atoms with Gasteiger partial charge in [-0.25, -0.2) is 14.6 Å². The Bertz CT molecular complexity index is 1670. The van der Waals surface area contributed by atoms with Gasteiger partial charge in [-0.05, 0) is 43.2 Å². The fourth-order valence-electron chi connectivity index (χ4n) is 5.40. The number of carbonyl (C=O) groups excluding carboxylic acids is 4. The van der Waals surface area contributed by atoms with Crippen molar-refractivity contribution in [2.75, 3.05) is 7.05 Å². The zero-order chi connectivity index (χ0) is 36.6. The smallest absolute Gasteiger partial charge is 0.407 e.